The van der Waals surface area contributed by atoms with Crippen LogP contribution in [0.5, 0.6) is 11.5 Å². The van der Waals surface area contributed by atoms with E-state index in [2.05, 4.69) is 17.5 Å². The summed E-state index contributed by atoms with van der Waals surface area (Å²) in [5.74, 6) is 1.25. The van der Waals surface area contributed by atoms with Gasteiger partial charge in [-0.15, -0.1) is 0 Å². The molecule has 112 valence electrons. The highest BCUT2D eigenvalue weighted by Crippen LogP contribution is 2.42. The minimum absolute atomic E-state index is 0.215. The fourth-order valence-electron chi connectivity index (χ4n) is 3.34. The minimum Gasteiger partial charge on any atom is -0.508 e. The van der Waals surface area contributed by atoms with Gasteiger partial charge in [-0.3, -0.25) is 0 Å². The Kier molecular flexibility index (Phi) is 3.16. The lowest BCUT2D eigenvalue weighted by atomic mass is 9.83. The molecule has 2 aliphatic heterocycles. The summed E-state index contributed by atoms with van der Waals surface area (Å²) < 4.78 is 6.37. The number of hydrogen-bond donors (Lipinski definition) is 2. The highest BCUT2D eigenvalue weighted by atomic mass is 16.5. The molecule has 0 unspecified atom stereocenters. The average Bonchev–Trinajstić information content (AvgIpc) is 2.56. The smallest absolute Gasteiger partial charge is 0.130 e. The number of hydrogen-bond acceptors (Lipinski definition) is 3. The van der Waals surface area contributed by atoms with Crippen LogP contribution in [0.15, 0.2) is 54.6 Å². The third-order valence-electron chi connectivity index (χ3n) is 4.53. The Morgan fingerprint density at radius 3 is 2.45 bits per heavy atom. The first-order valence-corrected chi connectivity index (χ1v) is 7.77. The van der Waals surface area contributed by atoms with E-state index < -0.39 is 0 Å². The standard InChI is InChI=1S/C19H19NO2/c21-15-7-5-14(6-8-15)17-13-19(9-11-20-12-10-19)22-18-4-2-1-3-16(17)18/h1-8,13,20-21H,9-12H2. The molecule has 0 aromatic heterocycles. The van der Waals surface area contributed by atoms with Crippen LogP contribution in [-0.2, 0) is 0 Å². The van der Waals surface area contributed by atoms with Gasteiger partial charge in [-0.25, -0.2) is 0 Å². The highest BCUT2D eigenvalue weighted by Gasteiger charge is 2.36. The summed E-state index contributed by atoms with van der Waals surface area (Å²) in [4.78, 5) is 0. The van der Waals surface area contributed by atoms with Crippen LogP contribution in [0.4, 0.5) is 0 Å². The summed E-state index contributed by atoms with van der Waals surface area (Å²) >= 11 is 0. The first-order valence-electron chi connectivity index (χ1n) is 7.77. The predicted octanol–water partition coefficient (Wildman–Crippen LogP) is 3.34. The van der Waals surface area contributed by atoms with Gasteiger partial charge in [0.05, 0.1) is 0 Å². The maximum Gasteiger partial charge on any atom is 0.130 e. The molecule has 1 spiro atoms. The summed E-state index contributed by atoms with van der Waals surface area (Å²) in [6.45, 7) is 1.95. The van der Waals surface area contributed by atoms with Crippen molar-refractivity contribution < 1.29 is 9.84 Å². The molecule has 2 aromatic carbocycles. The van der Waals surface area contributed by atoms with Crippen LogP contribution in [0.1, 0.15) is 24.0 Å². The van der Waals surface area contributed by atoms with Crippen molar-refractivity contribution in [1.29, 1.82) is 0 Å². The third kappa shape index (κ3) is 2.28. The normalized spacial score (nSPS) is 19.2. The van der Waals surface area contributed by atoms with Gasteiger partial charge in [-0.05, 0) is 48.5 Å². The number of ether oxygens (including phenoxy) is 1. The number of piperidine rings is 1. The van der Waals surface area contributed by atoms with Gasteiger partial charge in [0.1, 0.15) is 17.1 Å². The van der Waals surface area contributed by atoms with Gasteiger partial charge in [0.15, 0.2) is 0 Å². The summed E-state index contributed by atoms with van der Waals surface area (Å²) in [5.41, 5.74) is 3.22. The second-order valence-corrected chi connectivity index (χ2v) is 6.02. The lowest BCUT2D eigenvalue weighted by Crippen LogP contribution is -2.46. The number of nitrogens with one attached hydrogen (secondary N) is 1. The molecule has 0 radical (unpaired) electrons. The zero-order valence-corrected chi connectivity index (χ0v) is 12.4. The van der Waals surface area contributed by atoms with E-state index >= 15 is 0 Å². The number of para-hydroxylation sites is 1. The molecular formula is C19H19NO2. The maximum atomic E-state index is 9.54. The van der Waals surface area contributed by atoms with Crippen molar-refractivity contribution in [3.8, 4) is 11.5 Å². The molecule has 0 saturated carbocycles. The molecule has 1 saturated heterocycles. The summed E-state index contributed by atoms with van der Waals surface area (Å²) in [6.07, 6.45) is 4.23. The monoisotopic (exact) mass is 293 g/mol. The first-order chi connectivity index (χ1) is 10.8. The number of benzene rings is 2. The molecule has 2 aromatic rings. The quantitative estimate of drug-likeness (QED) is 0.847. The molecule has 1 fully saturated rings. The van der Waals surface area contributed by atoms with Gasteiger partial charge in [0, 0.05) is 18.4 Å². The van der Waals surface area contributed by atoms with E-state index in [9.17, 15) is 5.11 Å². The molecule has 22 heavy (non-hydrogen) atoms. The van der Waals surface area contributed by atoms with Crippen molar-refractivity contribution in [1.82, 2.24) is 5.32 Å². The van der Waals surface area contributed by atoms with Crippen molar-refractivity contribution in [2.45, 2.75) is 18.4 Å². The van der Waals surface area contributed by atoms with Crippen molar-refractivity contribution in [2.24, 2.45) is 0 Å². The molecule has 2 heterocycles. The number of aromatic hydroxyl groups is 1. The minimum atomic E-state index is -0.215. The van der Waals surface area contributed by atoms with Crippen LogP contribution in [0.3, 0.4) is 0 Å². The number of rotatable bonds is 1. The Balaban J connectivity index is 1.85. The Morgan fingerprint density at radius 2 is 1.68 bits per heavy atom. The van der Waals surface area contributed by atoms with E-state index in [4.69, 9.17) is 4.74 Å². The first kappa shape index (κ1) is 13.4. The Labute approximate surface area is 130 Å². The summed E-state index contributed by atoms with van der Waals surface area (Å²) in [5, 5.41) is 12.9. The van der Waals surface area contributed by atoms with Crippen molar-refractivity contribution in [3.63, 3.8) is 0 Å². The largest absolute Gasteiger partial charge is 0.508 e. The predicted molar refractivity (Wildman–Crippen MR) is 87.1 cm³/mol. The van der Waals surface area contributed by atoms with E-state index in [1.807, 2.05) is 30.3 Å². The van der Waals surface area contributed by atoms with Crippen LogP contribution in [0.25, 0.3) is 5.57 Å². The van der Waals surface area contributed by atoms with Gasteiger partial charge in [-0.2, -0.15) is 0 Å². The van der Waals surface area contributed by atoms with Gasteiger partial charge in [0.2, 0.25) is 0 Å². The van der Waals surface area contributed by atoms with E-state index in [0.717, 1.165) is 42.8 Å². The van der Waals surface area contributed by atoms with Crippen molar-refractivity contribution >= 4 is 5.57 Å². The van der Waals surface area contributed by atoms with Crippen LogP contribution in [-0.4, -0.2) is 23.8 Å². The number of phenols is 1. The van der Waals surface area contributed by atoms with E-state index in [1.54, 1.807) is 12.1 Å². The van der Waals surface area contributed by atoms with E-state index in [0.29, 0.717) is 5.75 Å². The van der Waals surface area contributed by atoms with E-state index in [1.165, 1.54) is 5.57 Å². The number of fused-ring (bicyclic) bond motifs is 1. The lowest BCUT2D eigenvalue weighted by Gasteiger charge is -2.40. The van der Waals surface area contributed by atoms with Crippen molar-refractivity contribution in [2.75, 3.05) is 13.1 Å². The molecule has 0 atom stereocenters. The van der Waals surface area contributed by atoms with Crippen LogP contribution in [0, 0.1) is 0 Å². The van der Waals surface area contributed by atoms with Gasteiger partial charge >= 0.3 is 0 Å². The topological polar surface area (TPSA) is 41.5 Å². The molecule has 0 bridgehead atoms. The molecule has 0 aliphatic carbocycles. The second kappa shape index (κ2) is 5.18. The summed E-state index contributed by atoms with van der Waals surface area (Å²) in [6, 6.07) is 15.6. The number of phenolic OH excluding ortho intramolecular Hbond substituents is 1. The average molecular weight is 293 g/mol. The molecular weight excluding hydrogens is 274 g/mol. The van der Waals surface area contributed by atoms with Gasteiger partial charge < -0.3 is 15.2 Å². The zero-order valence-electron chi connectivity index (χ0n) is 12.4. The molecule has 4 rings (SSSR count). The molecule has 3 nitrogen and oxygen atoms in total. The lowest BCUT2D eigenvalue weighted by molar-refractivity contribution is 0.0817. The van der Waals surface area contributed by atoms with Crippen LogP contribution in [0.2, 0.25) is 0 Å². The Bertz CT molecular complexity index is 712. The highest BCUT2D eigenvalue weighted by molar-refractivity contribution is 5.85. The van der Waals surface area contributed by atoms with Crippen LogP contribution < -0.4 is 10.1 Å². The molecule has 2 aliphatic rings. The molecule has 3 heteroatoms. The second-order valence-electron chi connectivity index (χ2n) is 6.02. The van der Waals surface area contributed by atoms with Crippen LogP contribution >= 0.6 is 0 Å². The Hall–Kier alpha value is -2.26. The van der Waals surface area contributed by atoms with Crippen molar-refractivity contribution in [3.05, 3.63) is 65.7 Å². The maximum absolute atomic E-state index is 9.54. The zero-order chi connectivity index (χ0) is 15.0. The molecule has 2 N–H and O–H groups in total. The van der Waals surface area contributed by atoms with E-state index in [-0.39, 0.29) is 5.60 Å². The Morgan fingerprint density at radius 1 is 0.955 bits per heavy atom. The van der Waals surface area contributed by atoms with Gasteiger partial charge in [0.25, 0.3) is 0 Å². The van der Waals surface area contributed by atoms with Gasteiger partial charge in [-0.1, -0.05) is 30.3 Å². The fourth-order valence-corrected chi connectivity index (χ4v) is 3.34. The summed E-state index contributed by atoms with van der Waals surface area (Å²) in [7, 11) is 0. The fraction of sp³-hybridized carbons (Fsp3) is 0.263. The molecule has 0 amide bonds. The SMILES string of the molecule is Oc1ccc(C2=CC3(CCNCC3)Oc3ccccc32)cc1. The third-order valence-corrected chi connectivity index (χ3v) is 4.53.